The first-order valence-corrected chi connectivity index (χ1v) is 21.9. The van der Waals surface area contributed by atoms with Crippen LogP contribution in [0.1, 0.15) is 210 Å². The Labute approximate surface area is 310 Å². The van der Waals surface area contributed by atoms with Crippen LogP contribution >= 0.6 is 0 Å². The average molecular weight is 684 g/mol. The van der Waals surface area contributed by atoms with Crippen molar-refractivity contribution in [3.05, 3.63) is 89.5 Å². The van der Waals surface area contributed by atoms with Crippen LogP contribution in [0.3, 0.4) is 0 Å². The Bertz CT molecular complexity index is 1180. The van der Waals surface area contributed by atoms with Crippen LogP contribution < -0.4 is 4.57 Å². The molecule has 0 saturated heterocycles. The molecule has 2 nitrogen and oxygen atoms in total. The zero-order valence-electron chi connectivity index (χ0n) is 33.3. The molecule has 0 aliphatic rings. The predicted octanol–water partition coefficient (Wildman–Crippen LogP) is 14.5. The Balaban J connectivity index is 1.55. The molecule has 280 valence electrons. The molecular weight excluding hydrogens is 605 g/mol. The summed E-state index contributed by atoms with van der Waals surface area (Å²) in [5.41, 5.74) is 4.42. The fourth-order valence-electron chi connectivity index (χ4n) is 7.87. The topological polar surface area (TPSA) is 8.81 Å². The fraction of sp³-hybridized carbons (Fsp3) is 0.688. The number of hydrogen-bond acceptors (Lipinski definition) is 0. The minimum atomic E-state index is 0.515. The summed E-state index contributed by atoms with van der Waals surface area (Å²) < 4.78 is 5.42. The van der Waals surface area contributed by atoms with E-state index < -0.39 is 0 Å². The maximum absolute atomic E-state index is 2.75. The van der Waals surface area contributed by atoms with Gasteiger partial charge in [-0.25, -0.2) is 9.13 Å². The number of benzene rings is 2. The normalized spacial score (nSPS) is 12.1. The maximum atomic E-state index is 2.75. The highest BCUT2D eigenvalue weighted by Gasteiger charge is 2.25. The molecule has 2 aromatic carbocycles. The fourth-order valence-corrected chi connectivity index (χ4v) is 7.87. The summed E-state index contributed by atoms with van der Waals surface area (Å²) in [6.07, 6.45) is 39.9. The highest BCUT2D eigenvalue weighted by molar-refractivity contribution is 5.22. The van der Waals surface area contributed by atoms with Crippen LogP contribution in [0.25, 0.3) is 0 Å². The van der Waals surface area contributed by atoms with Gasteiger partial charge in [0.1, 0.15) is 11.9 Å². The summed E-state index contributed by atoms with van der Waals surface area (Å²) in [5, 5.41) is 0. The van der Waals surface area contributed by atoms with Crippen molar-refractivity contribution in [3.63, 3.8) is 0 Å². The van der Waals surface area contributed by atoms with Gasteiger partial charge in [0.05, 0.1) is 19.5 Å². The zero-order valence-corrected chi connectivity index (χ0v) is 33.3. The van der Waals surface area contributed by atoms with Gasteiger partial charge in [-0.05, 0) is 42.7 Å². The Kier molecular flexibility index (Phi) is 23.8. The van der Waals surface area contributed by atoms with Crippen LogP contribution in [0.2, 0.25) is 0 Å². The van der Waals surface area contributed by atoms with Crippen molar-refractivity contribution in [1.82, 2.24) is 4.57 Å². The molecular formula is C48H79N2+. The summed E-state index contributed by atoms with van der Waals surface area (Å²) in [6.45, 7) is 9.35. The van der Waals surface area contributed by atoms with Gasteiger partial charge >= 0.3 is 0 Å². The van der Waals surface area contributed by atoms with E-state index >= 15 is 0 Å². The second kappa shape index (κ2) is 28.3. The van der Waals surface area contributed by atoms with Crippen LogP contribution in [0, 0.1) is 0 Å². The molecule has 3 rings (SSSR count). The van der Waals surface area contributed by atoms with E-state index in [0.29, 0.717) is 5.92 Å². The molecule has 3 aromatic rings. The van der Waals surface area contributed by atoms with Crippen molar-refractivity contribution >= 4 is 0 Å². The Morgan fingerprint density at radius 3 is 1.40 bits per heavy atom. The molecule has 1 unspecified atom stereocenters. The van der Waals surface area contributed by atoms with E-state index in [-0.39, 0.29) is 0 Å². The largest absolute Gasteiger partial charge is 0.261 e. The van der Waals surface area contributed by atoms with Crippen LogP contribution in [-0.4, -0.2) is 4.57 Å². The van der Waals surface area contributed by atoms with Crippen molar-refractivity contribution in [3.8, 4) is 0 Å². The van der Waals surface area contributed by atoms with Crippen molar-refractivity contribution in [2.45, 2.75) is 213 Å². The third kappa shape index (κ3) is 18.2. The monoisotopic (exact) mass is 684 g/mol. The number of aryl methyl sites for hydroxylation is 1. The number of rotatable bonds is 32. The van der Waals surface area contributed by atoms with Gasteiger partial charge in [0.15, 0.2) is 0 Å². The van der Waals surface area contributed by atoms with Crippen molar-refractivity contribution in [2.24, 2.45) is 0 Å². The molecule has 0 radical (unpaired) electrons. The van der Waals surface area contributed by atoms with Crippen molar-refractivity contribution < 1.29 is 4.57 Å². The van der Waals surface area contributed by atoms with Gasteiger partial charge in [-0.15, -0.1) is 0 Å². The van der Waals surface area contributed by atoms with E-state index in [4.69, 9.17) is 0 Å². The minimum absolute atomic E-state index is 0.515. The SMILES string of the molecule is CCCCCCCCCCCCCCC[n+]1cc(CC(C)c2ccccc2)n(CCCCCCCCCCCCCC)c1Cc1ccccc1. The number of aromatic nitrogens is 2. The molecule has 1 heterocycles. The van der Waals surface area contributed by atoms with E-state index in [1.54, 1.807) is 0 Å². The molecule has 1 aromatic heterocycles. The summed E-state index contributed by atoms with van der Waals surface area (Å²) in [5.74, 6) is 2.04. The number of imidazole rings is 1. The van der Waals surface area contributed by atoms with Crippen LogP contribution in [0.15, 0.2) is 66.9 Å². The summed E-state index contributed by atoms with van der Waals surface area (Å²) in [6, 6.07) is 22.4. The van der Waals surface area contributed by atoms with Gasteiger partial charge in [0.2, 0.25) is 0 Å². The number of hydrogen-bond donors (Lipinski definition) is 0. The molecule has 0 aliphatic heterocycles. The van der Waals surface area contributed by atoms with Crippen molar-refractivity contribution in [2.75, 3.05) is 0 Å². The smallest absolute Gasteiger partial charge is 0.234 e. The standard InChI is InChI=1S/C48H79N2/c1-4-6-8-10-12-14-16-18-19-21-23-25-33-39-49-43-47(41-44(3)46-37-31-28-32-38-46)50(48(49)42-45-35-29-27-30-36-45)40-34-26-24-22-20-17-15-13-11-9-7-5-2/h27-32,35-38,43-44H,4-26,33-34,39-42H2,1-3H3/q+1. The lowest BCUT2D eigenvalue weighted by Crippen LogP contribution is -2.37. The Morgan fingerprint density at radius 2 is 0.920 bits per heavy atom. The molecule has 0 aliphatic carbocycles. The third-order valence-electron chi connectivity index (χ3n) is 11.1. The van der Waals surface area contributed by atoms with E-state index in [2.05, 4.69) is 96.8 Å². The lowest BCUT2D eigenvalue weighted by atomic mass is 9.96. The first-order valence-electron chi connectivity index (χ1n) is 21.9. The highest BCUT2D eigenvalue weighted by Crippen LogP contribution is 2.23. The second-order valence-corrected chi connectivity index (χ2v) is 15.7. The minimum Gasteiger partial charge on any atom is -0.234 e. The van der Waals surface area contributed by atoms with E-state index in [1.807, 2.05) is 0 Å². The highest BCUT2D eigenvalue weighted by atomic mass is 15.2. The Morgan fingerprint density at radius 1 is 0.500 bits per heavy atom. The molecule has 2 heteroatoms. The quantitative estimate of drug-likeness (QED) is 0.0457. The molecule has 0 N–H and O–H groups in total. The second-order valence-electron chi connectivity index (χ2n) is 15.7. The zero-order chi connectivity index (χ0) is 35.3. The number of nitrogens with zero attached hydrogens (tertiary/aromatic N) is 2. The maximum Gasteiger partial charge on any atom is 0.261 e. The lowest BCUT2D eigenvalue weighted by Gasteiger charge is -2.12. The first kappa shape index (κ1) is 42.1. The van der Waals surface area contributed by atoms with Gasteiger partial charge < -0.3 is 0 Å². The first-order chi connectivity index (χ1) is 24.7. The van der Waals surface area contributed by atoms with Crippen LogP contribution in [0.4, 0.5) is 0 Å². The van der Waals surface area contributed by atoms with E-state index in [1.165, 1.54) is 183 Å². The molecule has 0 amide bonds. The molecule has 1 atom stereocenters. The van der Waals surface area contributed by atoms with Crippen LogP contribution in [-0.2, 0) is 25.9 Å². The van der Waals surface area contributed by atoms with Gasteiger partial charge in [-0.3, -0.25) is 0 Å². The predicted molar refractivity (Wildman–Crippen MR) is 219 cm³/mol. The van der Waals surface area contributed by atoms with Gasteiger partial charge in [-0.2, -0.15) is 0 Å². The van der Waals surface area contributed by atoms with Crippen LogP contribution in [0.5, 0.6) is 0 Å². The third-order valence-corrected chi connectivity index (χ3v) is 11.1. The molecule has 0 fully saturated rings. The average Bonchev–Trinajstić information content (AvgIpc) is 3.45. The number of unbranched alkanes of at least 4 members (excludes halogenated alkanes) is 23. The molecule has 50 heavy (non-hydrogen) atoms. The summed E-state index contributed by atoms with van der Waals surface area (Å²) >= 11 is 0. The Hall–Kier alpha value is -2.35. The van der Waals surface area contributed by atoms with Gasteiger partial charge in [0, 0.05) is 6.42 Å². The molecule has 0 bridgehead atoms. The van der Waals surface area contributed by atoms with E-state index in [0.717, 1.165) is 25.9 Å². The molecule has 0 spiro atoms. The van der Waals surface area contributed by atoms with Crippen molar-refractivity contribution in [1.29, 1.82) is 0 Å². The van der Waals surface area contributed by atoms with E-state index in [9.17, 15) is 0 Å². The summed E-state index contributed by atoms with van der Waals surface area (Å²) in [4.78, 5) is 0. The van der Waals surface area contributed by atoms with Gasteiger partial charge in [-0.1, -0.05) is 216 Å². The molecule has 0 saturated carbocycles. The van der Waals surface area contributed by atoms with Gasteiger partial charge in [0.25, 0.3) is 5.82 Å². The lowest BCUT2D eigenvalue weighted by molar-refractivity contribution is -0.704. The summed E-state index contributed by atoms with van der Waals surface area (Å²) in [7, 11) is 0.